The first-order chi connectivity index (χ1) is 4.84. The monoisotopic (exact) mass is 217 g/mol. The largest absolute Gasteiger partial charge is 0.396 e. The van der Waals surface area contributed by atoms with E-state index in [0.717, 1.165) is 11.3 Å². The Morgan fingerprint density at radius 3 is 2.82 bits per heavy atom. The van der Waals surface area contributed by atoms with Gasteiger partial charge in [0.25, 0.3) is 0 Å². The molecule has 0 amide bonds. The Kier molecular flexibility index (Phi) is 5.07. The summed E-state index contributed by atoms with van der Waals surface area (Å²) in [7, 11) is 0. The number of halogens is 1. The van der Waals surface area contributed by atoms with Crippen molar-refractivity contribution in [1.82, 2.24) is 4.98 Å². The molecule has 0 bridgehead atoms. The highest BCUT2D eigenvalue weighted by molar-refractivity contribution is 8.93. The molecule has 0 aromatic carbocycles. The van der Waals surface area contributed by atoms with Crippen LogP contribution in [0.5, 0.6) is 0 Å². The van der Waals surface area contributed by atoms with Crippen molar-refractivity contribution in [2.75, 3.05) is 6.61 Å². The predicted octanol–water partition coefficient (Wildman–Crippen LogP) is 1.50. The third kappa shape index (κ3) is 2.99. The average Bonchev–Trinajstić information content (AvgIpc) is 1.94. The lowest BCUT2D eigenvalue weighted by Crippen LogP contribution is -1.94. The molecule has 1 aromatic heterocycles. The molecule has 0 atom stereocenters. The highest BCUT2D eigenvalue weighted by Crippen LogP contribution is 2.02. The van der Waals surface area contributed by atoms with E-state index in [1.54, 1.807) is 6.20 Å². The Morgan fingerprint density at radius 1 is 1.55 bits per heavy atom. The summed E-state index contributed by atoms with van der Waals surface area (Å²) in [6, 6.07) is 3.87. The Labute approximate surface area is 77.1 Å². The zero-order valence-electron chi connectivity index (χ0n) is 6.45. The van der Waals surface area contributed by atoms with E-state index in [0.29, 0.717) is 6.42 Å². The highest BCUT2D eigenvalue weighted by Gasteiger charge is 1.94. The lowest BCUT2D eigenvalue weighted by atomic mass is 10.1. The van der Waals surface area contributed by atoms with Crippen molar-refractivity contribution in [2.45, 2.75) is 13.3 Å². The molecule has 0 saturated carbocycles. The SMILES string of the molecule is Br.Cc1ncccc1CCO. The van der Waals surface area contributed by atoms with Crippen LogP contribution in [0.1, 0.15) is 11.3 Å². The number of aliphatic hydroxyl groups is 1. The topological polar surface area (TPSA) is 33.1 Å². The summed E-state index contributed by atoms with van der Waals surface area (Å²) >= 11 is 0. The molecule has 1 N–H and O–H groups in total. The van der Waals surface area contributed by atoms with E-state index in [4.69, 9.17) is 5.11 Å². The van der Waals surface area contributed by atoms with E-state index in [2.05, 4.69) is 4.98 Å². The van der Waals surface area contributed by atoms with E-state index in [1.807, 2.05) is 19.1 Å². The van der Waals surface area contributed by atoms with Crippen molar-refractivity contribution in [3.8, 4) is 0 Å². The summed E-state index contributed by atoms with van der Waals surface area (Å²) < 4.78 is 0. The van der Waals surface area contributed by atoms with Crippen molar-refractivity contribution >= 4 is 17.0 Å². The van der Waals surface area contributed by atoms with Gasteiger partial charge in [-0.05, 0) is 25.0 Å². The zero-order chi connectivity index (χ0) is 7.40. The summed E-state index contributed by atoms with van der Waals surface area (Å²) in [5, 5.41) is 8.62. The third-order valence-corrected chi connectivity index (χ3v) is 1.50. The van der Waals surface area contributed by atoms with Crippen molar-refractivity contribution in [2.24, 2.45) is 0 Å². The van der Waals surface area contributed by atoms with Gasteiger partial charge < -0.3 is 5.11 Å². The second-order valence-corrected chi connectivity index (χ2v) is 2.22. The van der Waals surface area contributed by atoms with Gasteiger partial charge in [0.05, 0.1) is 0 Å². The molecule has 0 aliphatic carbocycles. The molecule has 1 heterocycles. The number of aromatic nitrogens is 1. The molecule has 0 aliphatic heterocycles. The van der Waals surface area contributed by atoms with Gasteiger partial charge in [-0.3, -0.25) is 4.98 Å². The van der Waals surface area contributed by atoms with Crippen LogP contribution in [0.25, 0.3) is 0 Å². The van der Waals surface area contributed by atoms with Crippen LogP contribution in [-0.2, 0) is 6.42 Å². The summed E-state index contributed by atoms with van der Waals surface area (Å²) in [4.78, 5) is 4.09. The van der Waals surface area contributed by atoms with Gasteiger partial charge in [-0.15, -0.1) is 17.0 Å². The minimum atomic E-state index is 0. The molecule has 0 spiro atoms. The van der Waals surface area contributed by atoms with Crippen molar-refractivity contribution in [1.29, 1.82) is 0 Å². The van der Waals surface area contributed by atoms with Gasteiger partial charge in [0, 0.05) is 18.5 Å². The summed E-state index contributed by atoms with van der Waals surface area (Å²) in [5.74, 6) is 0. The molecule has 0 radical (unpaired) electrons. The highest BCUT2D eigenvalue weighted by atomic mass is 79.9. The molecule has 0 aliphatic rings. The lowest BCUT2D eigenvalue weighted by molar-refractivity contribution is 0.299. The van der Waals surface area contributed by atoms with Crippen molar-refractivity contribution in [3.05, 3.63) is 29.6 Å². The number of rotatable bonds is 2. The lowest BCUT2D eigenvalue weighted by Gasteiger charge is -1.99. The van der Waals surface area contributed by atoms with E-state index < -0.39 is 0 Å². The maximum absolute atomic E-state index is 8.62. The summed E-state index contributed by atoms with van der Waals surface area (Å²) in [6.45, 7) is 2.15. The van der Waals surface area contributed by atoms with Crippen LogP contribution in [0.15, 0.2) is 18.3 Å². The summed E-state index contributed by atoms with van der Waals surface area (Å²) in [6.07, 6.45) is 2.47. The second kappa shape index (κ2) is 5.27. The van der Waals surface area contributed by atoms with Crippen LogP contribution in [0, 0.1) is 6.92 Å². The Balaban J connectivity index is 0.000001000. The van der Waals surface area contributed by atoms with Crippen LogP contribution in [0.2, 0.25) is 0 Å². The molecule has 1 rings (SSSR count). The van der Waals surface area contributed by atoms with Gasteiger partial charge in [0.1, 0.15) is 0 Å². The number of pyridine rings is 1. The zero-order valence-corrected chi connectivity index (χ0v) is 8.16. The fourth-order valence-electron chi connectivity index (χ4n) is 0.902. The molecular formula is C8H12BrNO. The Hall–Kier alpha value is -0.410. The van der Waals surface area contributed by atoms with Crippen LogP contribution in [0.3, 0.4) is 0 Å². The van der Waals surface area contributed by atoms with E-state index in [1.165, 1.54) is 0 Å². The van der Waals surface area contributed by atoms with Crippen LogP contribution >= 0.6 is 17.0 Å². The third-order valence-electron chi connectivity index (χ3n) is 1.50. The van der Waals surface area contributed by atoms with Crippen molar-refractivity contribution in [3.63, 3.8) is 0 Å². The predicted molar refractivity (Wildman–Crippen MR) is 50.1 cm³/mol. The van der Waals surface area contributed by atoms with Crippen LogP contribution < -0.4 is 0 Å². The second-order valence-electron chi connectivity index (χ2n) is 2.22. The Bertz CT molecular complexity index is 215. The first-order valence-corrected chi connectivity index (χ1v) is 3.36. The smallest absolute Gasteiger partial charge is 0.0472 e. The van der Waals surface area contributed by atoms with E-state index in [9.17, 15) is 0 Å². The standard InChI is InChI=1S/C8H11NO.BrH/c1-7-8(4-6-10)3-2-5-9-7;/h2-3,5,10H,4,6H2,1H3;1H. The minimum absolute atomic E-state index is 0. The number of hydrogen-bond acceptors (Lipinski definition) is 2. The molecule has 1 aromatic rings. The molecule has 3 heteroatoms. The molecule has 0 fully saturated rings. The van der Waals surface area contributed by atoms with Crippen molar-refractivity contribution < 1.29 is 5.11 Å². The number of hydrogen-bond donors (Lipinski definition) is 1. The molecule has 11 heavy (non-hydrogen) atoms. The van der Waals surface area contributed by atoms with Crippen LogP contribution in [0.4, 0.5) is 0 Å². The number of aliphatic hydroxyl groups excluding tert-OH is 1. The maximum atomic E-state index is 8.62. The Morgan fingerprint density at radius 2 is 2.27 bits per heavy atom. The van der Waals surface area contributed by atoms with Gasteiger partial charge in [-0.1, -0.05) is 6.07 Å². The molecule has 0 unspecified atom stereocenters. The van der Waals surface area contributed by atoms with Gasteiger partial charge in [-0.2, -0.15) is 0 Å². The van der Waals surface area contributed by atoms with Crippen LogP contribution in [-0.4, -0.2) is 16.7 Å². The first-order valence-electron chi connectivity index (χ1n) is 3.36. The fourth-order valence-corrected chi connectivity index (χ4v) is 0.902. The molecule has 0 saturated heterocycles. The van der Waals surface area contributed by atoms with Gasteiger partial charge in [-0.25, -0.2) is 0 Å². The van der Waals surface area contributed by atoms with E-state index in [-0.39, 0.29) is 23.6 Å². The van der Waals surface area contributed by atoms with E-state index >= 15 is 0 Å². The quantitative estimate of drug-likeness (QED) is 0.815. The number of nitrogens with zero attached hydrogens (tertiary/aromatic N) is 1. The molecular weight excluding hydrogens is 206 g/mol. The van der Waals surface area contributed by atoms with Gasteiger partial charge in [0.2, 0.25) is 0 Å². The first kappa shape index (κ1) is 10.6. The minimum Gasteiger partial charge on any atom is -0.396 e. The fraction of sp³-hybridized carbons (Fsp3) is 0.375. The van der Waals surface area contributed by atoms with Gasteiger partial charge in [0.15, 0.2) is 0 Å². The maximum Gasteiger partial charge on any atom is 0.0472 e. The normalized spacial score (nSPS) is 8.91. The molecule has 2 nitrogen and oxygen atoms in total. The number of aryl methyl sites for hydroxylation is 1. The van der Waals surface area contributed by atoms with Gasteiger partial charge >= 0.3 is 0 Å². The molecule has 62 valence electrons. The summed E-state index contributed by atoms with van der Waals surface area (Å²) in [5.41, 5.74) is 2.14. The average molecular weight is 218 g/mol.